The van der Waals surface area contributed by atoms with Crippen molar-refractivity contribution in [2.24, 2.45) is 11.3 Å². The van der Waals surface area contributed by atoms with Crippen LogP contribution in [-0.4, -0.2) is 35.2 Å². The van der Waals surface area contributed by atoms with Crippen LogP contribution in [0.5, 0.6) is 0 Å². The van der Waals surface area contributed by atoms with Crippen LogP contribution in [0.25, 0.3) is 10.8 Å². The molecule has 34 heavy (non-hydrogen) atoms. The fourth-order valence-electron chi connectivity index (χ4n) is 9.00. The number of pyridine rings is 1. The van der Waals surface area contributed by atoms with Gasteiger partial charge in [-0.25, -0.2) is 0 Å². The van der Waals surface area contributed by atoms with Crippen LogP contribution in [0, 0.1) is 11.3 Å². The van der Waals surface area contributed by atoms with Crippen molar-refractivity contribution in [3.05, 3.63) is 65.5 Å². The Morgan fingerprint density at radius 3 is 2.82 bits per heavy atom. The maximum absolute atomic E-state index is 7.39. The van der Waals surface area contributed by atoms with E-state index >= 15 is 0 Å². The van der Waals surface area contributed by atoms with Crippen LogP contribution in [0.2, 0.25) is 0 Å². The number of allylic oxidation sites excluding steroid dienone is 1. The zero-order valence-electron chi connectivity index (χ0n) is 20.0. The first-order valence-electron chi connectivity index (χ1n) is 13.3. The molecule has 4 heteroatoms. The monoisotopic (exact) mass is 455 g/mol. The molecule has 2 saturated carbocycles. The van der Waals surface area contributed by atoms with E-state index in [0.29, 0.717) is 11.8 Å². The van der Waals surface area contributed by atoms with Crippen molar-refractivity contribution in [3.8, 4) is 0 Å². The summed E-state index contributed by atoms with van der Waals surface area (Å²) in [6.45, 7) is 3.98. The molecular formula is C30H33NO3. The Labute approximate surface area is 201 Å². The van der Waals surface area contributed by atoms with E-state index in [1.807, 2.05) is 12.4 Å². The van der Waals surface area contributed by atoms with E-state index in [4.69, 9.17) is 14.2 Å². The summed E-state index contributed by atoms with van der Waals surface area (Å²) in [5.41, 5.74) is 4.33. The van der Waals surface area contributed by atoms with Crippen molar-refractivity contribution in [1.29, 1.82) is 0 Å². The second-order valence-electron chi connectivity index (χ2n) is 12.0. The summed E-state index contributed by atoms with van der Waals surface area (Å²) >= 11 is 0. The van der Waals surface area contributed by atoms with E-state index < -0.39 is 5.79 Å². The van der Waals surface area contributed by atoms with Crippen molar-refractivity contribution >= 4 is 10.8 Å². The van der Waals surface area contributed by atoms with E-state index in [0.717, 1.165) is 51.7 Å². The van der Waals surface area contributed by atoms with Gasteiger partial charge in [0.2, 0.25) is 0 Å². The molecule has 0 amide bonds. The van der Waals surface area contributed by atoms with Gasteiger partial charge in [0.15, 0.2) is 5.79 Å². The summed E-state index contributed by atoms with van der Waals surface area (Å²) in [6.07, 6.45) is 17.7. The van der Waals surface area contributed by atoms with Crippen molar-refractivity contribution in [2.45, 2.75) is 81.2 Å². The third-order valence-electron chi connectivity index (χ3n) is 10.6. The third kappa shape index (κ3) is 2.47. The Morgan fingerprint density at radius 1 is 1.00 bits per heavy atom. The summed E-state index contributed by atoms with van der Waals surface area (Å²) < 4.78 is 19.7. The molecule has 0 N–H and O–H groups in total. The Kier molecular flexibility index (Phi) is 3.92. The van der Waals surface area contributed by atoms with Crippen LogP contribution in [-0.2, 0) is 14.2 Å². The van der Waals surface area contributed by atoms with Crippen LogP contribution < -0.4 is 0 Å². The zero-order chi connectivity index (χ0) is 22.6. The number of benzene rings is 1. The van der Waals surface area contributed by atoms with Gasteiger partial charge in [-0.2, -0.15) is 0 Å². The minimum Gasteiger partial charge on any atom is -0.359 e. The van der Waals surface area contributed by atoms with E-state index in [9.17, 15) is 0 Å². The highest BCUT2D eigenvalue weighted by atomic mass is 16.7. The van der Waals surface area contributed by atoms with Crippen molar-refractivity contribution in [1.82, 2.24) is 4.98 Å². The van der Waals surface area contributed by atoms with Crippen LogP contribution >= 0.6 is 0 Å². The highest BCUT2D eigenvalue weighted by molar-refractivity contribution is 5.82. The van der Waals surface area contributed by atoms with Gasteiger partial charge in [-0.15, -0.1) is 0 Å². The predicted octanol–water partition coefficient (Wildman–Crippen LogP) is 6.22. The number of ether oxygens (including phenoxy) is 3. The van der Waals surface area contributed by atoms with Gasteiger partial charge in [-0.05, 0) is 90.0 Å². The van der Waals surface area contributed by atoms with E-state index in [1.165, 1.54) is 40.3 Å². The van der Waals surface area contributed by atoms with E-state index in [2.05, 4.69) is 48.3 Å². The Morgan fingerprint density at radius 2 is 1.91 bits per heavy atom. The highest BCUT2D eigenvalue weighted by Crippen LogP contribution is 2.69. The van der Waals surface area contributed by atoms with Crippen molar-refractivity contribution < 1.29 is 14.2 Å². The molecule has 8 rings (SSSR count). The third-order valence-corrected chi connectivity index (χ3v) is 10.6. The molecule has 5 atom stereocenters. The summed E-state index contributed by atoms with van der Waals surface area (Å²) in [4.78, 5) is 4.37. The summed E-state index contributed by atoms with van der Waals surface area (Å²) in [6, 6.07) is 9.16. The lowest BCUT2D eigenvalue weighted by Crippen LogP contribution is -2.56. The van der Waals surface area contributed by atoms with Crippen LogP contribution in [0.15, 0.2) is 60.0 Å². The van der Waals surface area contributed by atoms with Gasteiger partial charge < -0.3 is 14.2 Å². The van der Waals surface area contributed by atoms with Gasteiger partial charge in [-0.1, -0.05) is 31.2 Å². The molecule has 6 aliphatic rings. The van der Waals surface area contributed by atoms with Crippen molar-refractivity contribution in [3.63, 3.8) is 0 Å². The Bertz CT molecular complexity index is 1260. The number of hydrogen-bond donors (Lipinski definition) is 0. The average Bonchev–Trinajstić information content (AvgIpc) is 3.53. The number of hydrogen-bond acceptors (Lipinski definition) is 4. The molecule has 4 heterocycles. The van der Waals surface area contributed by atoms with Crippen molar-refractivity contribution in [2.75, 3.05) is 13.2 Å². The number of rotatable bonds is 1. The lowest BCUT2D eigenvalue weighted by Gasteiger charge is -2.55. The molecule has 1 aromatic heterocycles. The Hall–Kier alpha value is -2.01. The van der Waals surface area contributed by atoms with Crippen LogP contribution in [0.4, 0.5) is 0 Å². The summed E-state index contributed by atoms with van der Waals surface area (Å²) in [5.74, 6) is 0.688. The average molecular weight is 456 g/mol. The van der Waals surface area contributed by atoms with Gasteiger partial charge in [0, 0.05) is 30.6 Å². The van der Waals surface area contributed by atoms with E-state index in [-0.39, 0.29) is 16.6 Å². The predicted molar refractivity (Wildman–Crippen MR) is 130 cm³/mol. The first-order valence-corrected chi connectivity index (χ1v) is 13.3. The van der Waals surface area contributed by atoms with Gasteiger partial charge in [0.1, 0.15) is 0 Å². The molecule has 3 aliphatic carbocycles. The molecule has 176 valence electrons. The quantitative estimate of drug-likeness (QED) is 0.512. The fourth-order valence-corrected chi connectivity index (χ4v) is 9.00. The van der Waals surface area contributed by atoms with E-state index in [1.54, 1.807) is 0 Å². The maximum Gasteiger partial charge on any atom is 0.171 e. The molecule has 1 aromatic carbocycles. The second-order valence-corrected chi connectivity index (χ2v) is 12.0. The van der Waals surface area contributed by atoms with Crippen LogP contribution in [0.1, 0.15) is 69.8 Å². The smallest absolute Gasteiger partial charge is 0.171 e. The largest absolute Gasteiger partial charge is 0.359 e. The molecule has 2 aromatic rings. The highest BCUT2D eigenvalue weighted by Gasteiger charge is 2.68. The Balaban J connectivity index is 1.18. The first kappa shape index (κ1) is 20.2. The molecule has 0 unspecified atom stereocenters. The van der Waals surface area contributed by atoms with Gasteiger partial charge in [0.05, 0.1) is 24.4 Å². The molecule has 4 fully saturated rings. The first-order chi connectivity index (χ1) is 16.5. The zero-order valence-corrected chi connectivity index (χ0v) is 20.0. The van der Waals surface area contributed by atoms with Gasteiger partial charge in [-0.3, -0.25) is 4.98 Å². The minimum absolute atomic E-state index is 0.138. The number of aromatic nitrogens is 1. The molecule has 3 aliphatic heterocycles. The molecule has 3 spiro atoms. The molecular weight excluding hydrogens is 422 g/mol. The molecule has 2 bridgehead atoms. The standard InChI is InChI=1S/C30H33NO3/c1-27-9-6-24-17-23-7-10-29(32-14-15-33-29)19-28(23)11-12-30(24,34-28)26(27)5-4-25(27)21-3-2-20-8-13-31-18-22(20)16-21/h2-3,6,8,13,16-18,25-26H,4-5,7,9-12,14-15,19H2,1H3/t25-,26+,27+,28-,30-/m1/s1. The van der Waals surface area contributed by atoms with Gasteiger partial charge >= 0.3 is 0 Å². The minimum atomic E-state index is -0.417. The number of nitrogens with zero attached hydrogens (tertiary/aromatic N) is 1. The summed E-state index contributed by atoms with van der Waals surface area (Å²) in [5, 5.41) is 2.53. The fraction of sp³-hybridized carbons (Fsp3) is 0.567. The normalized spacial score (nSPS) is 41.7. The maximum atomic E-state index is 7.39. The lowest BCUT2D eigenvalue weighted by atomic mass is 9.58. The SMILES string of the molecule is C[C@@]12CC=C3C=C4CCC5(C[C@]46CC[C@]3(O6)[C@H]1CC[C@@H]2c1ccc2ccncc2c1)OCCO5. The summed E-state index contributed by atoms with van der Waals surface area (Å²) in [7, 11) is 0. The molecule has 2 saturated heterocycles. The van der Waals surface area contributed by atoms with Crippen LogP contribution in [0.3, 0.4) is 0 Å². The van der Waals surface area contributed by atoms with Gasteiger partial charge in [0.25, 0.3) is 0 Å². The molecule has 4 nitrogen and oxygen atoms in total. The number of fused-ring (bicyclic) bond motifs is 2. The second kappa shape index (κ2) is 6.60. The lowest BCUT2D eigenvalue weighted by molar-refractivity contribution is -0.226. The molecule has 0 radical (unpaired) electrons. The topological polar surface area (TPSA) is 40.6 Å².